The number of hydrogen-bond donors (Lipinski definition) is 2. The van der Waals surface area contributed by atoms with Crippen molar-refractivity contribution >= 4 is 34.8 Å². The van der Waals surface area contributed by atoms with Crippen molar-refractivity contribution < 1.29 is 19.1 Å². The molecule has 0 fully saturated rings. The molecule has 0 spiro atoms. The number of fused-ring (bicyclic) bond motifs is 1. The molecule has 6 nitrogen and oxygen atoms in total. The summed E-state index contributed by atoms with van der Waals surface area (Å²) >= 11 is 6.00. The van der Waals surface area contributed by atoms with Gasteiger partial charge in [0.15, 0.2) is 11.5 Å². The Morgan fingerprint density at radius 2 is 1.62 bits per heavy atom. The van der Waals surface area contributed by atoms with Crippen molar-refractivity contribution in [3.8, 4) is 11.5 Å². The van der Waals surface area contributed by atoms with E-state index < -0.39 is 11.8 Å². The molecule has 2 amide bonds. The van der Waals surface area contributed by atoms with Crippen LogP contribution in [0.2, 0.25) is 5.02 Å². The fourth-order valence-electron chi connectivity index (χ4n) is 2.20. The Hall–Kier alpha value is -2.73. The van der Waals surface area contributed by atoms with E-state index in [0.29, 0.717) is 27.9 Å². The summed E-state index contributed by atoms with van der Waals surface area (Å²) in [6.45, 7) is 2.03. The summed E-state index contributed by atoms with van der Waals surface area (Å²) in [5.41, 5.74) is 2.00. The minimum atomic E-state index is -0.426. The van der Waals surface area contributed by atoms with Gasteiger partial charge >= 0.3 is 0 Å². The van der Waals surface area contributed by atoms with E-state index in [1.807, 2.05) is 6.92 Å². The molecule has 124 valence electrons. The first-order valence-corrected chi connectivity index (χ1v) is 7.64. The maximum atomic E-state index is 12.0. The van der Waals surface area contributed by atoms with Crippen molar-refractivity contribution in [2.75, 3.05) is 17.4 Å². The Morgan fingerprint density at radius 3 is 2.33 bits per heavy atom. The first-order valence-electron chi connectivity index (χ1n) is 7.27. The molecule has 2 aromatic rings. The fraction of sp³-hybridized carbons (Fsp3) is 0.176. The van der Waals surface area contributed by atoms with Crippen LogP contribution in [0.5, 0.6) is 11.5 Å². The number of rotatable bonds is 4. The second-order valence-electron chi connectivity index (χ2n) is 5.31. The fourth-order valence-corrected chi connectivity index (χ4v) is 2.38. The number of hydrogen-bond acceptors (Lipinski definition) is 4. The molecule has 1 aliphatic rings. The molecule has 2 N–H and O–H groups in total. The van der Waals surface area contributed by atoms with Gasteiger partial charge < -0.3 is 20.1 Å². The third kappa shape index (κ3) is 3.78. The van der Waals surface area contributed by atoms with Crippen LogP contribution in [0.15, 0.2) is 36.4 Å². The largest absolute Gasteiger partial charge is 0.454 e. The van der Waals surface area contributed by atoms with Crippen LogP contribution in [0.1, 0.15) is 12.0 Å². The molecule has 0 aromatic heterocycles. The third-order valence-electron chi connectivity index (χ3n) is 3.43. The summed E-state index contributed by atoms with van der Waals surface area (Å²) in [6, 6.07) is 10.2. The van der Waals surface area contributed by atoms with Crippen LogP contribution in [-0.4, -0.2) is 18.6 Å². The van der Waals surface area contributed by atoms with Gasteiger partial charge in [0.25, 0.3) is 0 Å². The van der Waals surface area contributed by atoms with Crippen LogP contribution in [0.4, 0.5) is 11.4 Å². The minimum Gasteiger partial charge on any atom is -0.454 e. The molecule has 0 saturated carbocycles. The van der Waals surface area contributed by atoms with E-state index >= 15 is 0 Å². The summed E-state index contributed by atoms with van der Waals surface area (Å²) in [5, 5.41) is 5.84. The number of nitrogens with one attached hydrogen (secondary N) is 2. The second-order valence-corrected chi connectivity index (χ2v) is 5.71. The van der Waals surface area contributed by atoms with Crippen molar-refractivity contribution in [3.63, 3.8) is 0 Å². The summed E-state index contributed by atoms with van der Waals surface area (Å²) < 4.78 is 10.4. The Morgan fingerprint density at radius 1 is 1.00 bits per heavy atom. The summed E-state index contributed by atoms with van der Waals surface area (Å²) in [5.74, 6) is 0.339. The third-order valence-corrected chi connectivity index (χ3v) is 3.84. The lowest BCUT2D eigenvalue weighted by molar-refractivity contribution is -0.123. The van der Waals surface area contributed by atoms with Gasteiger partial charge in [-0.1, -0.05) is 17.7 Å². The minimum absolute atomic E-state index is 0.161. The van der Waals surface area contributed by atoms with Gasteiger partial charge in [0.2, 0.25) is 18.6 Å². The number of aryl methyl sites for hydroxylation is 1. The van der Waals surface area contributed by atoms with Crippen LogP contribution in [0.25, 0.3) is 0 Å². The number of anilines is 2. The molecule has 0 atom stereocenters. The molecule has 3 rings (SSSR count). The van der Waals surface area contributed by atoms with Gasteiger partial charge in [0.05, 0.1) is 0 Å². The van der Waals surface area contributed by atoms with Gasteiger partial charge in [-0.3, -0.25) is 9.59 Å². The predicted octanol–water partition coefficient (Wildman–Crippen LogP) is 3.34. The van der Waals surface area contributed by atoms with Gasteiger partial charge in [-0.2, -0.15) is 0 Å². The van der Waals surface area contributed by atoms with Crippen molar-refractivity contribution in [1.82, 2.24) is 0 Å². The van der Waals surface area contributed by atoms with Gasteiger partial charge in [-0.25, -0.2) is 0 Å². The summed E-state index contributed by atoms with van der Waals surface area (Å²) in [7, 11) is 0. The monoisotopic (exact) mass is 346 g/mol. The Kier molecular flexibility index (Phi) is 4.57. The van der Waals surface area contributed by atoms with E-state index in [-0.39, 0.29) is 13.2 Å². The highest BCUT2D eigenvalue weighted by Crippen LogP contribution is 2.34. The average molecular weight is 347 g/mol. The quantitative estimate of drug-likeness (QED) is 0.832. The predicted molar refractivity (Wildman–Crippen MR) is 90.6 cm³/mol. The van der Waals surface area contributed by atoms with Gasteiger partial charge in [0, 0.05) is 22.5 Å². The maximum Gasteiger partial charge on any atom is 0.233 e. The number of amides is 2. The summed E-state index contributed by atoms with van der Waals surface area (Å²) in [4.78, 5) is 23.9. The molecule has 0 radical (unpaired) electrons. The van der Waals surface area contributed by atoms with Gasteiger partial charge in [-0.15, -0.1) is 0 Å². The molecule has 1 aliphatic heterocycles. The zero-order valence-corrected chi connectivity index (χ0v) is 13.6. The molecular formula is C17H15ClN2O4. The zero-order valence-electron chi connectivity index (χ0n) is 12.9. The highest BCUT2D eigenvalue weighted by Gasteiger charge is 2.15. The number of benzene rings is 2. The van der Waals surface area contributed by atoms with Crippen molar-refractivity contribution in [2.45, 2.75) is 13.3 Å². The highest BCUT2D eigenvalue weighted by atomic mass is 35.5. The first-order chi connectivity index (χ1) is 11.5. The first kappa shape index (κ1) is 16.1. The molecule has 0 bridgehead atoms. The molecule has 24 heavy (non-hydrogen) atoms. The zero-order chi connectivity index (χ0) is 17.1. The topological polar surface area (TPSA) is 76.7 Å². The highest BCUT2D eigenvalue weighted by molar-refractivity contribution is 6.31. The number of carbonyl (C=O) groups excluding carboxylic acids is 2. The number of carbonyl (C=O) groups is 2. The average Bonchev–Trinajstić information content (AvgIpc) is 2.98. The van der Waals surface area contributed by atoms with E-state index in [0.717, 1.165) is 5.56 Å². The number of halogens is 1. The van der Waals surface area contributed by atoms with E-state index in [9.17, 15) is 9.59 Å². The molecule has 0 unspecified atom stereocenters. The lowest BCUT2D eigenvalue weighted by Gasteiger charge is -2.08. The van der Waals surface area contributed by atoms with E-state index in [4.69, 9.17) is 21.1 Å². The molecule has 1 heterocycles. The smallest absolute Gasteiger partial charge is 0.233 e. The molecule has 0 aliphatic carbocycles. The standard InChI is InChI=1S/C17H15ClN2O4/c1-10-2-3-11(6-13(10)18)19-16(21)8-17(22)20-12-4-5-14-15(7-12)24-9-23-14/h2-7H,8-9H2,1H3,(H,19,21)(H,20,22). The molecule has 7 heteroatoms. The lowest BCUT2D eigenvalue weighted by Crippen LogP contribution is -2.21. The van der Waals surface area contributed by atoms with Crippen LogP contribution in [0.3, 0.4) is 0 Å². The Balaban J connectivity index is 1.56. The van der Waals surface area contributed by atoms with Crippen LogP contribution in [-0.2, 0) is 9.59 Å². The van der Waals surface area contributed by atoms with Gasteiger partial charge in [-0.05, 0) is 36.8 Å². The lowest BCUT2D eigenvalue weighted by atomic mass is 10.2. The maximum absolute atomic E-state index is 12.0. The number of ether oxygens (including phenoxy) is 2. The molecular weight excluding hydrogens is 332 g/mol. The van der Waals surface area contributed by atoms with Gasteiger partial charge in [0.1, 0.15) is 6.42 Å². The Labute approximate surface area is 143 Å². The van der Waals surface area contributed by atoms with Crippen molar-refractivity contribution in [2.24, 2.45) is 0 Å². The summed E-state index contributed by atoms with van der Waals surface area (Å²) in [6.07, 6.45) is -0.306. The van der Waals surface area contributed by atoms with Crippen molar-refractivity contribution in [1.29, 1.82) is 0 Å². The van der Waals surface area contributed by atoms with Crippen LogP contribution in [0, 0.1) is 6.92 Å². The van der Waals surface area contributed by atoms with Crippen LogP contribution < -0.4 is 20.1 Å². The van der Waals surface area contributed by atoms with E-state index in [2.05, 4.69) is 10.6 Å². The molecule has 2 aromatic carbocycles. The molecule has 0 saturated heterocycles. The SMILES string of the molecule is Cc1ccc(NC(=O)CC(=O)Nc2ccc3c(c2)OCO3)cc1Cl. The van der Waals surface area contributed by atoms with Crippen molar-refractivity contribution in [3.05, 3.63) is 47.0 Å². The van der Waals surface area contributed by atoms with E-state index in [1.54, 1.807) is 36.4 Å². The van der Waals surface area contributed by atoms with Crippen LogP contribution >= 0.6 is 11.6 Å². The Bertz CT molecular complexity index is 807. The second kappa shape index (κ2) is 6.80. The van der Waals surface area contributed by atoms with E-state index in [1.165, 1.54) is 0 Å². The normalized spacial score (nSPS) is 11.9.